The first kappa shape index (κ1) is 11.5. The largest absolute Gasteiger partial charge is 0.508 e. The second kappa shape index (κ2) is 4.10. The lowest BCUT2D eigenvalue weighted by Crippen LogP contribution is -2.37. The van der Waals surface area contributed by atoms with Crippen LogP contribution in [0.25, 0.3) is 0 Å². The van der Waals surface area contributed by atoms with Crippen LogP contribution in [0.1, 0.15) is 0 Å². The average molecular weight is 252 g/mol. The van der Waals surface area contributed by atoms with E-state index in [4.69, 9.17) is 5.73 Å². The molecule has 88 valence electrons. The van der Waals surface area contributed by atoms with Gasteiger partial charge in [0, 0.05) is 6.07 Å². The molecule has 0 saturated carbocycles. The highest BCUT2D eigenvalue weighted by Gasteiger charge is 2.43. The lowest BCUT2D eigenvalue weighted by atomic mass is 10.2. The van der Waals surface area contributed by atoms with Gasteiger partial charge in [-0.3, -0.25) is 14.4 Å². The first-order valence-electron chi connectivity index (χ1n) is 4.63. The lowest BCUT2D eigenvalue weighted by molar-refractivity contribution is -0.124. The van der Waals surface area contributed by atoms with E-state index in [1.165, 1.54) is 24.3 Å². The molecule has 1 aromatic rings. The number of carbonyl (C=O) groups excluding carboxylic acids is 3. The monoisotopic (exact) mass is 252 g/mol. The Morgan fingerprint density at radius 1 is 1.41 bits per heavy atom. The van der Waals surface area contributed by atoms with Gasteiger partial charge in [-0.1, -0.05) is 6.07 Å². The number of nitrogens with zero attached hydrogens (tertiary/aromatic N) is 1. The van der Waals surface area contributed by atoms with Crippen LogP contribution in [0, 0.1) is 0 Å². The highest BCUT2D eigenvalue weighted by Crippen LogP contribution is 2.32. The van der Waals surface area contributed by atoms with Gasteiger partial charge in [0.25, 0.3) is 11.1 Å². The molecule has 3 amide bonds. The van der Waals surface area contributed by atoms with Crippen molar-refractivity contribution in [1.29, 1.82) is 0 Å². The van der Waals surface area contributed by atoms with Gasteiger partial charge in [-0.25, -0.2) is 4.90 Å². The Labute approximate surface area is 100 Å². The molecule has 6 nitrogen and oxygen atoms in total. The number of amides is 3. The minimum absolute atomic E-state index is 0.0735. The van der Waals surface area contributed by atoms with E-state index in [1.807, 2.05) is 0 Å². The summed E-state index contributed by atoms with van der Waals surface area (Å²) in [5.74, 6) is -1.61. The lowest BCUT2D eigenvalue weighted by Gasteiger charge is -2.13. The number of phenolic OH excluding ortho intramolecular Hbond substituents is 1. The molecule has 1 aliphatic heterocycles. The van der Waals surface area contributed by atoms with Crippen molar-refractivity contribution in [3.8, 4) is 5.75 Å². The smallest absolute Gasteiger partial charge is 0.294 e. The number of primary amides is 1. The van der Waals surface area contributed by atoms with Crippen molar-refractivity contribution in [1.82, 2.24) is 0 Å². The first-order chi connectivity index (χ1) is 8.00. The maximum atomic E-state index is 11.8. The van der Waals surface area contributed by atoms with Crippen LogP contribution in [0.15, 0.2) is 24.3 Å². The highest BCUT2D eigenvalue weighted by molar-refractivity contribution is 8.16. The standard InChI is InChI=1S/C10H8N2O4S/c11-8(14)7-9(15)12(10(16)17-7)5-2-1-3-6(13)4-5/h1-4,7,13H,(H2,11,14). The minimum Gasteiger partial charge on any atom is -0.508 e. The Kier molecular flexibility index (Phi) is 2.76. The van der Waals surface area contributed by atoms with Gasteiger partial charge in [0.1, 0.15) is 5.75 Å². The summed E-state index contributed by atoms with van der Waals surface area (Å²) >= 11 is 0.572. The predicted octanol–water partition coefficient (Wildman–Crippen LogP) is 0.446. The normalized spacial score (nSPS) is 19.8. The highest BCUT2D eigenvalue weighted by atomic mass is 32.2. The van der Waals surface area contributed by atoms with Crippen molar-refractivity contribution < 1.29 is 19.5 Å². The third kappa shape index (κ3) is 1.96. The average Bonchev–Trinajstić information content (AvgIpc) is 2.54. The van der Waals surface area contributed by atoms with Crippen LogP contribution < -0.4 is 10.6 Å². The number of rotatable bonds is 2. The minimum atomic E-state index is -1.19. The molecular weight excluding hydrogens is 244 g/mol. The molecule has 0 spiro atoms. The molecule has 1 aromatic carbocycles. The van der Waals surface area contributed by atoms with Gasteiger partial charge in [-0.15, -0.1) is 0 Å². The van der Waals surface area contributed by atoms with Crippen molar-refractivity contribution in [3.05, 3.63) is 24.3 Å². The summed E-state index contributed by atoms with van der Waals surface area (Å²) < 4.78 is 0. The number of carbonyl (C=O) groups is 3. The van der Waals surface area contributed by atoms with E-state index in [9.17, 15) is 19.5 Å². The first-order valence-corrected chi connectivity index (χ1v) is 5.51. The van der Waals surface area contributed by atoms with Gasteiger partial charge in [0.2, 0.25) is 5.91 Å². The van der Waals surface area contributed by atoms with Gasteiger partial charge in [0.05, 0.1) is 5.69 Å². The van der Waals surface area contributed by atoms with E-state index in [0.717, 1.165) is 4.90 Å². The predicted molar refractivity (Wildman–Crippen MR) is 61.6 cm³/mol. The van der Waals surface area contributed by atoms with Crippen LogP contribution in [-0.2, 0) is 9.59 Å². The third-order valence-electron chi connectivity index (χ3n) is 2.19. The van der Waals surface area contributed by atoms with Crippen molar-refractivity contribution in [3.63, 3.8) is 0 Å². The quantitative estimate of drug-likeness (QED) is 0.744. The van der Waals surface area contributed by atoms with Crippen LogP contribution in [-0.4, -0.2) is 27.4 Å². The van der Waals surface area contributed by atoms with Crippen molar-refractivity contribution in [2.45, 2.75) is 5.25 Å². The number of anilines is 1. The van der Waals surface area contributed by atoms with E-state index in [1.54, 1.807) is 0 Å². The summed E-state index contributed by atoms with van der Waals surface area (Å²) in [4.78, 5) is 35.1. The number of imide groups is 1. The molecule has 0 aromatic heterocycles. The van der Waals surface area contributed by atoms with E-state index in [-0.39, 0.29) is 11.4 Å². The topological polar surface area (TPSA) is 101 Å². The number of benzene rings is 1. The van der Waals surface area contributed by atoms with Crippen LogP contribution in [0.2, 0.25) is 0 Å². The molecule has 7 heteroatoms. The van der Waals surface area contributed by atoms with Gasteiger partial charge in [-0.05, 0) is 23.9 Å². The number of hydrogen-bond donors (Lipinski definition) is 2. The van der Waals surface area contributed by atoms with Crippen molar-refractivity contribution in [2.75, 3.05) is 4.90 Å². The van der Waals surface area contributed by atoms with Gasteiger partial charge in [0.15, 0.2) is 5.25 Å². The zero-order chi connectivity index (χ0) is 12.6. The molecule has 1 aliphatic rings. The Morgan fingerprint density at radius 3 is 2.65 bits per heavy atom. The molecule has 1 atom stereocenters. The van der Waals surface area contributed by atoms with Crippen molar-refractivity contribution >= 4 is 34.5 Å². The molecule has 1 saturated heterocycles. The number of phenols is 1. The Balaban J connectivity index is 2.37. The fraction of sp³-hybridized carbons (Fsp3) is 0.100. The Morgan fingerprint density at radius 2 is 2.12 bits per heavy atom. The summed E-state index contributed by atoms with van der Waals surface area (Å²) in [6, 6.07) is 5.65. The molecule has 2 rings (SSSR count). The van der Waals surface area contributed by atoms with E-state index in [0.29, 0.717) is 11.8 Å². The fourth-order valence-corrected chi connectivity index (χ4v) is 2.28. The maximum absolute atomic E-state index is 11.8. The molecule has 0 radical (unpaired) electrons. The number of hydrogen-bond acceptors (Lipinski definition) is 5. The molecule has 3 N–H and O–H groups in total. The van der Waals surface area contributed by atoms with E-state index in [2.05, 4.69) is 0 Å². The summed E-state index contributed by atoms with van der Waals surface area (Å²) in [6.07, 6.45) is 0. The summed E-state index contributed by atoms with van der Waals surface area (Å²) in [5.41, 5.74) is 5.23. The van der Waals surface area contributed by atoms with Gasteiger partial charge >= 0.3 is 0 Å². The van der Waals surface area contributed by atoms with Gasteiger partial charge in [-0.2, -0.15) is 0 Å². The molecule has 0 bridgehead atoms. The Hall–Kier alpha value is -2.02. The van der Waals surface area contributed by atoms with Crippen LogP contribution >= 0.6 is 11.8 Å². The number of thioether (sulfide) groups is 1. The zero-order valence-corrected chi connectivity index (χ0v) is 9.31. The Bertz CT molecular complexity index is 517. The summed E-state index contributed by atoms with van der Waals surface area (Å²) in [5, 5.41) is 7.50. The molecule has 1 unspecified atom stereocenters. The van der Waals surface area contributed by atoms with Crippen LogP contribution in [0.3, 0.4) is 0 Å². The SMILES string of the molecule is NC(=O)C1SC(=O)N(c2cccc(O)c2)C1=O. The van der Waals surface area contributed by atoms with Crippen molar-refractivity contribution in [2.24, 2.45) is 5.73 Å². The van der Waals surface area contributed by atoms with Gasteiger partial charge < -0.3 is 10.8 Å². The molecular formula is C10H8N2O4S. The fourth-order valence-electron chi connectivity index (χ4n) is 1.46. The molecule has 1 fully saturated rings. The van der Waals surface area contributed by atoms with E-state index >= 15 is 0 Å². The number of aromatic hydroxyl groups is 1. The third-order valence-corrected chi connectivity index (χ3v) is 3.25. The zero-order valence-electron chi connectivity index (χ0n) is 8.49. The molecule has 0 aliphatic carbocycles. The summed E-state index contributed by atoms with van der Waals surface area (Å²) in [7, 11) is 0. The van der Waals surface area contributed by atoms with Crippen LogP contribution in [0.4, 0.5) is 10.5 Å². The second-order valence-corrected chi connectivity index (χ2v) is 4.42. The van der Waals surface area contributed by atoms with Crippen LogP contribution in [0.5, 0.6) is 5.75 Å². The molecule has 17 heavy (non-hydrogen) atoms. The maximum Gasteiger partial charge on any atom is 0.294 e. The molecule has 1 heterocycles. The van der Waals surface area contributed by atoms with E-state index < -0.39 is 22.3 Å². The summed E-state index contributed by atoms with van der Waals surface area (Å²) in [6.45, 7) is 0. The second-order valence-electron chi connectivity index (χ2n) is 3.36. The number of nitrogens with two attached hydrogens (primary N) is 1.